The normalized spacial score (nSPS) is 14.9. The van der Waals surface area contributed by atoms with Crippen LogP contribution in [-0.4, -0.2) is 48.1 Å². The van der Waals surface area contributed by atoms with Gasteiger partial charge in [0.05, 0.1) is 11.8 Å². The second-order valence-corrected chi connectivity index (χ2v) is 5.11. The van der Waals surface area contributed by atoms with Crippen LogP contribution in [0.4, 0.5) is 5.69 Å². The van der Waals surface area contributed by atoms with Crippen molar-refractivity contribution in [3.63, 3.8) is 0 Å². The van der Waals surface area contributed by atoms with Crippen molar-refractivity contribution in [2.45, 2.75) is 0 Å². The molecule has 2 heterocycles. The molecule has 1 aliphatic heterocycles. The first-order valence-electron chi connectivity index (χ1n) is 7.06. The zero-order chi connectivity index (χ0) is 15.5. The third kappa shape index (κ3) is 2.81. The third-order valence-corrected chi connectivity index (χ3v) is 3.76. The minimum absolute atomic E-state index is 0.107. The number of nitrogens with zero attached hydrogens (tertiary/aromatic N) is 2. The number of furan rings is 1. The maximum absolute atomic E-state index is 12.2. The van der Waals surface area contributed by atoms with Gasteiger partial charge in [-0.1, -0.05) is 6.07 Å². The van der Waals surface area contributed by atoms with Gasteiger partial charge < -0.3 is 19.3 Å². The highest BCUT2D eigenvalue weighted by Gasteiger charge is 2.24. The van der Waals surface area contributed by atoms with Gasteiger partial charge in [-0.05, 0) is 30.3 Å². The Hall–Kier alpha value is -2.76. The van der Waals surface area contributed by atoms with E-state index in [1.807, 2.05) is 6.07 Å². The van der Waals surface area contributed by atoms with E-state index in [2.05, 4.69) is 4.90 Å². The number of amides is 1. The van der Waals surface area contributed by atoms with Gasteiger partial charge in [0.1, 0.15) is 0 Å². The van der Waals surface area contributed by atoms with Crippen LogP contribution in [0.2, 0.25) is 0 Å². The Morgan fingerprint density at radius 3 is 2.45 bits per heavy atom. The summed E-state index contributed by atoms with van der Waals surface area (Å²) >= 11 is 0. The summed E-state index contributed by atoms with van der Waals surface area (Å²) in [5.41, 5.74) is 1.14. The lowest BCUT2D eigenvalue weighted by Gasteiger charge is -2.35. The molecule has 3 rings (SSSR count). The molecule has 6 nitrogen and oxygen atoms in total. The summed E-state index contributed by atoms with van der Waals surface area (Å²) in [5.74, 6) is -0.696. The van der Waals surface area contributed by atoms with Crippen LogP contribution in [0.5, 0.6) is 0 Å². The fourth-order valence-electron chi connectivity index (χ4n) is 2.56. The molecular weight excluding hydrogens is 284 g/mol. The molecule has 1 fully saturated rings. The first-order valence-corrected chi connectivity index (χ1v) is 7.06. The highest BCUT2D eigenvalue weighted by atomic mass is 16.4. The van der Waals surface area contributed by atoms with Gasteiger partial charge in [-0.3, -0.25) is 4.79 Å². The van der Waals surface area contributed by atoms with E-state index in [-0.39, 0.29) is 11.5 Å². The number of hydrogen-bond donors (Lipinski definition) is 1. The largest absolute Gasteiger partial charge is 0.478 e. The minimum atomic E-state index is -0.937. The standard InChI is InChI=1S/C16H16N2O4/c19-15(14-5-2-10-22-14)18-8-6-17(7-9-18)13-4-1-3-12(11-13)16(20)21/h1-5,10-11H,6-9H2,(H,20,21). The number of benzene rings is 1. The molecular formula is C16H16N2O4. The second kappa shape index (κ2) is 5.93. The van der Waals surface area contributed by atoms with Crippen LogP contribution >= 0.6 is 0 Å². The molecule has 0 bridgehead atoms. The Labute approximate surface area is 127 Å². The van der Waals surface area contributed by atoms with Crippen LogP contribution in [0.15, 0.2) is 47.1 Å². The second-order valence-electron chi connectivity index (χ2n) is 5.11. The van der Waals surface area contributed by atoms with Crippen molar-refractivity contribution < 1.29 is 19.1 Å². The number of aromatic carboxylic acids is 1. The monoisotopic (exact) mass is 300 g/mol. The smallest absolute Gasteiger partial charge is 0.335 e. The number of carbonyl (C=O) groups is 2. The van der Waals surface area contributed by atoms with Crippen LogP contribution in [-0.2, 0) is 0 Å². The van der Waals surface area contributed by atoms with Gasteiger partial charge in [0.2, 0.25) is 0 Å². The predicted octanol–water partition coefficient (Wildman–Crippen LogP) is 1.94. The molecule has 6 heteroatoms. The Bertz CT molecular complexity index is 673. The summed E-state index contributed by atoms with van der Waals surface area (Å²) in [6.45, 7) is 2.48. The summed E-state index contributed by atoms with van der Waals surface area (Å²) < 4.78 is 5.13. The van der Waals surface area contributed by atoms with E-state index >= 15 is 0 Å². The van der Waals surface area contributed by atoms with Crippen molar-refractivity contribution in [3.05, 3.63) is 54.0 Å². The number of carboxylic acid groups (broad SMARTS) is 1. The summed E-state index contributed by atoms with van der Waals surface area (Å²) in [5, 5.41) is 9.05. The lowest BCUT2D eigenvalue weighted by atomic mass is 10.1. The molecule has 1 N–H and O–H groups in total. The average molecular weight is 300 g/mol. The van der Waals surface area contributed by atoms with Gasteiger partial charge >= 0.3 is 5.97 Å². The molecule has 0 radical (unpaired) electrons. The van der Waals surface area contributed by atoms with E-state index in [9.17, 15) is 9.59 Å². The zero-order valence-corrected chi connectivity index (χ0v) is 11.9. The van der Waals surface area contributed by atoms with Crippen molar-refractivity contribution in [3.8, 4) is 0 Å². The fraction of sp³-hybridized carbons (Fsp3) is 0.250. The molecule has 1 amide bonds. The van der Waals surface area contributed by atoms with Crippen LogP contribution in [0.3, 0.4) is 0 Å². The summed E-state index contributed by atoms with van der Waals surface area (Å²) in [6, 6.07) is 10.2. The first-order chi connectivity index (χ1) is 10.6. The van der Waals surface area contributed by atoms with Gasteiger partial charge in [-0.25, -0.2) is 4.79 Å². The predicted molar refractivity (Wildman–Crippen MR) is 80.2 cm³/mol. The minimum Gasteiger partial charge on any atom is -0.478 e. The van der Waals surface area contributed by atoms with E-state index in [0.717, 1.165) is 5.69 Å². The van der Waals surface area contributed by atoms with Gasteiger partial charge in [-0.2, -0.15) is 0 Å². The molecule has 0 spiro atoms. The maximum atomic E-state index is 12.2. The molecule has 2 aromatic rings. The van der Waals surface area contributed by atoms with Crippen molar-refractivity contribution in [1.29, 1.82) is 0 Å². The number of piperazine rings is 1. The van der Waals surface area contributed by atoms with Gasteiger partial charge in [0.15, 0.2) is 5.76 Å². The molecule has 0 unspecified atom stereocenters. The zero-order valence-electron chi connectivity index (χ0n) is 11.9. The first kappa shape index (κ1) is 14.2. The van der Waals surface area contributed by atoms with Gasteiger partial charge in [0, 0.05) is 31.9 Å². The van der Waals surface area contributed by atoms with Crippen molar-refractivity contribution in [2.24, 2.45) is 0 Å². The highest BCUT2D eigenvalue weighted by molar-refractivity contribution is 5.91. The maximum Gasteiger partial charge on any atom is 0.335 e. The molecule has 0 saturated carbocycles. The summed E-state index contributed by atoms with van der Waals surface area (Å²) in [4.78, 5) is 27.0. The molecule has 114 valence electrons. The number of carboxylic acids is 1. The molecule has 22 heavy (non-hydrogen) atoms. The Kier molecular flexibility index (Phi) is 3.82. The Morgan fingerprint density at radius 1 is 1.05 bits per heavy atom. The number of hydrogen-bond acceptors (Lipinski definition) is 4. The average Bonchev–Trinajstić information content (AvgIpc) is 3.09. The van der Waals surface area contributed by atoms with Crippen molar-refractivity contribution >= 4 is 17.6 Å². The quantitative estimate of drug-likeness (QED) is 0.937. The van der Waals surface area contributed by atoms with Crippen LogP contribution in [0, 0.1) is 0 Å². The number of carbonyl (C=O) groups excluding carboxylic acids is 1. The Morgan fingerprint density at radius 2 is 1.82 bits per heavy atom. The lowest BCUT2D eigenvalue weighted by molar-refractivity contribution is 0.0694. The molecule has 0 aliphatic carbocycles. The summed E-state index contributed by atoms with van der Waals surface area (Å²) in [7, 11) is 0. The van der Waals surface area contributed by atoms with Gasteiger partial charge in [0.25, 0.3) is 5.91 Å². The molecule has 1 saturated heterocycles. The van der Waals surface area contributed by atoms with E-state index < -0.39 is 5.97 Å². The lowest BCUT2D eigenvalue weighted by Crippen LogP contribution is -2.48. The van der Waals surface area contributed by atoms with Crippen molar-refractivity contribution in [1.82, 2.24) is 4.90 Å². The van der Waals surface area contributed by atoms with E-state index in [4.69, 9.17) is 9.52 Å². The van der Waals surface area contributed by atoms with E-state index in [1.165, 1.54) is 6.26 Å². The van der Waals surface area contributed by atoms with Crippen LogP contribution in [0.1, 0.15) is 20.9 Å². The molecule has 1 aromatic heterocycles. The molecule has 1 aromatic carbocycles. The number of anilines is 1. The van der Waals surface area contributed by atoms with E-state index in [1.54, 1.807) is 35.2 Å². The van der Waals surface area contributed by atoms with Gasteiger partial charge in [-0.15, -0.1) is 0 Å². The number of rotatable bonds is 3. The highest BCUT2D eigenvalue weighted by Crippen LogP contribution is 2.19. The van der Waals surface area contributed by atoms with Crippen LogP contribution < -0.4 is 4.90 Å². The van der Waals surface area contributed by atoms with Crippen molar-refractivity contribution in [2.75, 3.05) is 31.1 Å². The van der Waals surface area contributed by atoms with E-state index in [0.29, 0.717) is 31.9 Å². The fourth-order valence-corrected chi connectivity index (χ4v) is 2.56. The topological polar surface area (TPSA) is 74.0 Å². The van der Waals surface area contributed by atoms with Crippen LogP contribution in [0.25, 0.3) is 0 Å². The summed E-state index contributed by atoms with van der Waals surface area (Å²) in [6.07, 6.45) is 1.49. The Balaban J connectivity index is 1.65. The third-order valence-electron chi connectivity index (χ3n) is 3.76. The molecule has 1 aliphatic rings. The molecule has 0 atom stereocenters. The SMILES string of the molecule is O=C(O)c1cccc(N2CCN(C(=O)c3ccco3)CC2)c1.